The van der Waals surface area contributed by atoms with E-state index < -0.39 is 41.9 Å². The smallest absolute Gasteiger partial charge is 0.322 e. The summed E-state index contributed by atoms with van der Waals surface area (Å²) < 4.78 is 90.8. The number of alkyl halides is 4. The van der Waals surface area contributed by atoms with Crippen LogP contribution in [0.5, 0.6) is 24.0 Å². The van der Waals surface area contributed by atoms with Gasteiger partial charge in [-0.05, 0) is 181 Å². The fraction of sp³-hybridized carbons (Fsp3) is 0.560. The van der Waals surface area contributed by atoms with Crippen molar-refractivity contribution in [3.05, 3.63) is 136 Å². The van der Waals surface area contributed by atoms with Crippen molar-refractivity contribution in [3.8, 4) is 36.2 Å². The van der Waals surface area contributed by atoms with Crippen molar-refractivity contribution in [1.82, 2.24) is 101 Å². The number of rotatable bonds is 35. The number of amides is 3. The highest BCUT2D eigenvalue weighted by atomic mass is 19.3. The lowest BCUT2D eigenvalue weighted by Gasteiger charge is -2.61. The number of halogens is 4. The number of carbonyl (C=O) groups is 5. The largest absolute Gasteiger partial charge is 0.463 e. The van der Waals surface area contributed by atoms with E-state index in [1.54, 1.807) is 50.9 Å². The van der Waals surface area contributed by atoms with E-state index in [0.717, 1.165) is 128 Å². The molecule has 10 aromatic rings. The molecule has 40 nitrogen and oxygen atoms in total. The maximum atomic E-state index is 15.6. The fourth-order valence-corrected chi connectivity index (χ4v) is 21.0. The van der Waals surface area contributed by atoms with Crippen LogP contribution in [0, 0.1) is 80.8 Å². The number of hydrogen-bond acceptors (Lipinski definition) is 35. The summed E-state index contributed by atoms with van der Waals surface area (Å²) >= 11 is 0. The molecule has 24 rings (SSSR count). The van der Waals surface area contributed by atoms with Gasteiger partial charge >= 0.3 is 24.0 Å². The SMILES string of the molecule is CC[C@@H](C)NC(=O)c1nc(OCC2CC2(F)F)nc(N2CCC(c3ccc(N)c(C(N)=O)n3)CC2)n1.COCCNC(=O)c1nc(O[C@H](C)COC)nc(N2CCC(C3=NCc4ncccc43)CC2)n1.N#C[C@@H]1C[C@@H]1COc1nc(C(=O)CC23CC(C2)C3)cc(N2CC[C@@H](c3[nH]nc4ncccc34)[C@@H](F)C2)n1.N#C[C@@H]1C[C@@H]1COc1nc(C(=O)CC23CC(C2)C3)cc(N2CC[C@H](c3[nH]nc4ncccc34)[C@H](F)C2)n1. The Labute approximate surface area is 827 Å². The van der Waals surface area contributed by atoms with E-state index in [1.165, 1.54) is 5.56 Å². The Morgan fingerprint density at radius 2 is 1.08 bits per heavy atom. The molecule has 11 atom stereocenters. The summed E-state index contributed by atoms with van der Waals surface area (Å²) in [5.74, 6) is -1.93. The Bertz CT molecular complexity index is 6280. The standard InChI is InChI=1S/2C27H28FN7O2.C23H30F2N8O3.C23H31N7O4/c2*28-20-13-35(5-3-18(20)24-19-2-1-4-30-25(19)34-33-24)23-7-21(22(36)11-27-8-15(9-27)10-27)31-26(32-23)37-14-17-6-16(17)12-29;1-3-12(2)28-20(35)19-30-21(32-22(31-19)36-11-14-10-23(14,24)25)33-8-6-13(7-9-33)16-5-4-15(26)17(29-16)18(27)34;1-15(14-33-3)34-23-28-20(21(31)25-9-12-32-2)27-22(29-23)30-10-6-16(7-11-30)19-17-5-4-8-24-18(17)13-26-19/h2*1-2,4,7,15-18,20H,3,5-6,8-11,13-14H2,(H,30,33,34);4-5,12-14H,3,6-11,26H2,1-2H3,(H2,27,34)(H,28,35);4-5,8,15-16H,6-7,9-14H2,1-3H3,(H,25,31)/t15?,16-,17+,18+,20-,27?;15?,16-,17+,18-,20+,27?;12-,14?;15-/m0011/s1. The number of methoxy groups -OCH3 is 2. The van der Waals surface area contributed by atoms with Crippen molar-refractivity contribution in [1.29, 1.82) is 10.5 Å². The van der Waals surface area contributed by atoms with Crippen LogP contribution in [-0.4, -0.2) is 262 Å². The molecule has 9 saturated carbocycles. The summed E-state index contributed by atoms with van der Waals surface area (Å²) in [5, 5.41) is 39.9. The molecule has 14 aliphatic rings. The van der Waals surface area contributed by atoms with E-state index in [1.807, 2.05) is 72.0 Å². The number of ketones is 2. The highest BCUT2D eigenvalue weighted by molar-refractivity contribution is 6.05. The van der Waals surface area contributed by atoms with Crippen molar-refractivity contribution in [2.75, 3.05) is 131 Å². The summed E-state index contributed by atoms with van der Waals surface area (Å²) in [6.07, 6.45) is 16.7. The third-order valence-corrected chi connectivity index (χ3v) is 30.0. The van der Waals surface area contributed by atoms with Crippen molar-refractivity contribution in [3.63, 3.8) is 0 Å². The highest BCUT2D eigenvalue weighted by Gasteiger charge is 2.59. The van der Waals surface area contributed by atoms with Crippen LogP contribution < -0.4 is 60.6 Å². The van der Waals surface area contributed by atoms with Gasteiger partial charge in [-0.3, -0.25) is 44.1 Å². The molecule has 44 heteroatoms. The van der Waals surface area contributed by atoms with E-state index in [0.29, 0.717) is 157 Å². The molecular formula is C100H117F4N29O11. The number of primary amides is 1. The summed E-state index contributed by atoms with van der Waals surface area (Å²) in [4.78, 5) is 137. The second-order valence-corrected chi connectivity index (χ2v) is 40.4. The molecule has 1 unspecified atom stereocenters. The number of pyridine rings is 4. The normalized spacial score (nSPS) is 25.3. The first kappa shape index (κ1) is 98.7. The molecule has 5 aliphatic heterocycles. The molecule has 10 aromatic heterocycles. The van der Waals surface area contributed by atoms with Gasteiger partial charge in [0.2, 0.25) is 23.5 Å². The number of aliphatic imine (C=N–C) groups is 1. The lowest BCUT2D eigenvalue weighted by atomic mass is 9.43. The number of anilines is 5. The molecule has 0 aromatic carbocycles. The zero-order valence-electron chi connectivity index (χ0n) is 80.9. The van der Waals surface area contributed by atoms with Gasteiger partial charge < -0.3 is 70.1 Å². The van der Waals surface area contributed by atoms with Gasteiger partial charge in [0, 0.05) is 179 Å². The molecule has 3 amide bonds. The number of piperidine rings is 4. The zero-order valence-corrected chi connectivity index (χ0v) is 80.9. The number of H-pyrrole nitrogens is 2. The predicted octanol–water partition coefficient (Wildman–Crippen LogP) is 11.2. The van der Waals surface area contributed by atoms with Gasteiger partial charge in [0.05, 0.1) is 98.7 Å². The van der Waals surface area contributed by atoms with Crippen LogP contribution in [-0.2, 0) is 16.0 Å². The van der Waals surface area contributed by atoms with E-state index in [-0.39, 0.29) is 155 Å². The zero-order chi connectivity index (χ0) is 100. The van der Waals surface area contributed by atoms with Crippen LogP contribution in [0.3, 0.4) is 0 Å². The quantitative estimate of drug-likeness (QED) is 0.0122. The van der Waals surface area contributed by atoms with E-state index in [2.05, 4.69) is 124 Å². The molecule has 144 heavy (non-hydrogen) atoms. The molecule has 8 N–H and O–H groups in total. The summed E-state index contributed by atoms with van der Waals surface area (Å²) in [7, 11) is 3.17. The third-order valence-electron chi connectivity index (χ3n) is 30.0. The Balaban J connectivity index is 0.000000122. The Morgan fingerprint density at radius 1 is 0.583 bits per heavy atom. The fourth-order valence-electron chi connectivity index (χ4n) is 21.0. The first-order chi connectivity index (χ1) is 69.6. The van der Waals surface area contributed by atoms with Crippen molar-refractivity contribution in [2.24, 2.45) is 68.9 Å². The number of nitriles is 2. The average molecular weight is 1980 g/mol. The second-order valence-electron chi connectivity index (χ2n) is 40.4. The van der Waals surface area contributed by atoms with Crippen molar-refractivity contribution in [2.45, 2.75) is 191 Å². The van der Waals surface area contributed by atoms with Gasteiger partial charge in [-0.25, -0.2) is 32.5 Å². The van der Waals surface area contributed by atoms with Crippen LogP contribution in [0.4, 0.5) is 46.8 Å². The van der Waals surface area contributed by atoms with Gasteiger partial charge in [-0.2, -0.15) is 70.6 Å². The number of nitrogens with two attached hydrogens (primary N) is 2. The predicted molar refractivity (Wildman–Crippen MR) is 516 cm³/mol. The number of ether oxygens (including phenoxy) is 6. The molecular weight excluding hydrogens is 1860 g/mol. The minimum Gasteiger partial charge on any atom is -0.463 e. The number of fused-ring (bicyclic) bond motifs is 3. The number of nitrogens with one attached hydrogen (secondary N) is 4. The molecule has 0 radical (unpaired) electrons. The summed E-state index contributed by atoms with van der Waals surface area (Å²) in [5.41, 5.74) is 19.2. The molecule has 4 saturated heterocycles. The van der Waals surface area contributed by atoms with Crippen LogP contribution in [0.25, 0.3) is 22.1 Å². The van der Waals surface area contributed by atoms with E-state index in [9.17, 15) is 32.8 Å². The number of hydrogen-bond donors (Lipinski definition) is 6. The minimum absolute atomic E-state index is 0.00362. The molecule has 756 valence electrons. The molecule has 4 bridgehead atoms. The van der Waals surface area contributed by atoms with Crippen LogP contribution in [0.1, 0.15) is 235 Å². The van der Waals surface area contributed by atoms with Gasteiger partial charge in [0.15, 0.2) is 28.6 Å². The number of aromatic nitrogens is 18. The molecule has 9 aliphatic carbocycles. The van der Waals surface area contributed by atoms with Gasteiger partial charge in [-0.15, -0.1) is 0 Å². The lowest BCUT2D eigenvalue weighted by molar-refractivity contribution is -0.104. The van der Waals surface area contributed by atoms with Crippen LogP contribution in [0.15, 0.2) is 84.2 Å². The van der Waals surface area contributed by atoms with Crippen molar-refractivity contribution >= 4 is 86.3 Å². The highest BCUT2D eigenvalue weighted by Crippen LogP contribution is 2.67. The third kappa shape index (κ3) is 22.5. The molecule has 13 fully saturated rings. The topological polar surface area (TPSA) is 528 Å². The van der Waals surface area contributed by atoms with Crippen molar-refractivity contribution < 1.29 is 70.0 Å². The lowest BCUT2D eigenvalue weighted by Crippen LogP contribution is -2.52. The molecule has 15 heterocycles. The van der Waals surface area contributed by atoms with E-state index >= 15 is 8.78 Å². The first-order valence-corrected chi connectivity index (χ1v) is 49.7. The van der Waals surface area contributed by atoms with Gasteiger partial charge in [-0.1, -0.05) is 6.92 Å². The maximum absolute atomic E-state index is 15.6. The minimum atomic E-state index is -2.74. The summed E-state index contributed by atoms with van der Waals surface area (Å²) in [6, 6.07) is 23.0. The average Bonchev–Trinajstić information content (AvgIpc) is 1.06. The molecule has 0 spiro atoms. The number of nitrogens with zero attached hydrogens (tertiary/aromatic N) is 23. The maximum Gasteiger partial charge on any atom is 0.322 e. The second kappa shape index (κ2) is 42.5. The van der Waals surface area contributed by atoms with Gasteiger partial charge in [0.25, 0.3) is 23.6 Å². The number of Topliss-reactive ketones (excluding diaryl/α,β-unsaturated/α-hetero) is 2. The monoisotopic (exact) mass is 1980 g/mol. The number of carbonyl (C=O) groups excluding carboxylic acids is 5. The van der Waals surface area contributed by atoms with Crippen LogP contribution >= 0.6 is 0 Å². The van der Waals surface area contributed by atoms with Crippen LogP contribution in [0.2, 0.25) is 0 Å². The summed E-state index contributed by atoms with van der Waals surface area (Å²) in [6.45, 7) is 11.8. The Kier molecular flexibility index (Phi) is 29.1. The first-order valence-electron chi connectivity index (χ1n) is 49.7. The van der Waals surface area contributed by atoms with E-state index in [4.69, 9.17) is 55.4 Å². The Morgan fingerprint density at radius 3 is 1.58 bits per heavy atom. The van der Waals surface area contributed by atoms with Gasteiger partial charge in [0.1, 0.15) is 48.1 Å². The number of nitrogen functional groups attached to an aromatic ring is 1. The Hall–Kier alpha value is -14.0. The number of aromatic amines is 2.